The third kappa shape index (κ3) is 3.81. The molecule has 1 saturated carbocycles. The highest BCUT2D eigenvalue weighted by Gasteiger charge is 2.39. The van der Waals surface area contributed by atoms with E-state index in [1.165, 1.54) is 13.4 Å². The van der Waals surface area contributed by atoms with Crippen LogP contribution in [0.4, 0.5) is 5.82 Å². The van der Waals surface area contributed by atoms with Crippen LogP contribution in [0.2, 0.25) is 0 Å². The lowest BCUT2D eigenvalue weighted by Crippen LogP contribution is -2.41. The number of benzene rings is 1. The number of anilines is 1. The Hall–Kier alpha value is -2.60. The van der Waals surface area contributed by atoms with Crippen LogP contribution in [-0.4, -0.2) is 67.6 Å². The average Bonchev–Trinajstić information content (AvgIpc) is 3.24. The molecule has 1 fully saturated rings. The topological polar surface area (TPSA) is 144 Å². The molecule has 0 amide bonds. The van der Waals surface area contributed by atoms with Gasteiger partial charge in [0.2, 0.25) is 0 Å². The Morgan fingerprint density at radius 2 is 2.00 bits per heavy atom. The molecule has 0 spiro atoms. The first-order valence-electron chi connectivity index (χ1n) is 9.16. The van der Waals surface area contributed by atoms with Gasteiger partial charge in [-0.15, -0.1) is 0 Å². The monoisotopic (exact) mass is 418 g/mol. The first-order chi connectivity index (χ1) is 13.7. The Bertz CT molecular complexity index is 1150. The van der Waals surface area contributed by atoms with Crippen molar-refractivity contribution >= 4 is 27.3 Å². The number of hydrogen-bond donors (Lipinski definition) is 4. The minimum atomic E-state index is -4.38. The van der Waals surface area contributed by atoms with E-state index in [0.717, 1.165) is 15.4 Å². The Kier molecular flexibility index (Phi) is 4.99. The number of aliphatic hydroxyl groups is 1. The summed E-state index contributed by atoms with van der Waals surface area (Å²) in [6.45, 7) is 2.00. The fourth-order valence-corrected chi connectivity index (χ4v) is 4.34. The second-order valence-corrected chi connectivity index (χ2v) is 8.73. The van der Waals surface area contributed by atoms with Crippen LogP contribution in [0.5, 0.6) is 0 Å². The maximum absolute atomic E-state index is 11.4. The molecule has 2 aromatic heterocycles. The Balaban J connectivity index is 1.60. The Morgan fingerprint density at radius 1 is 1.24 bits per heavy atom. The number of nitrogens with one attached hydrogen (secondary N) is 2. The first kappa shape index (κ1) is 19.7. The number of fused-ring (bicyclic) bond motifs is 1. The zero-order valence-electron chi connectivity index (χ0n) is 15.9. The van der Waals surface area contributed by atoms with Crippen LogP contribution in [0.25, 0.3) is 22.6 Å². The van der Waals surface area contributed by atoms with Crippen molar-refractivity contribution in [3.05, 3.63) is 36.2 Å². The van der Waals surface area contributed by atoms with Crippen molar-refractivity contribution in [1.29, 1.82) is 0 Å². The van der Waals surface area contributed by atoms with E-state index in [4.69, 9.17) is 0 Å². The van der Waals surface area contributed by atoms with E-state index < -0.39 is 22.4 Å². The molecular formula is C18H22N6O4S. The minimum absolute atomic E-state index is 0.234. The molecule has 3 aromatic rings. The van der Waals surface area contributed by atoms with Crippen molar-refractivity contribution in [2.24, 2.45) is 0 Å². The van der Waals surface area contributed by atoms with Crippen LogP contribution < -0.4 is 5.32 Å². The maximum Gasteiger partial charge on any atom is 0.335 e. The summed E-state index contributed by atoms with van der Waals surface area (Å²) >= 11 is 0. The van der Waals surface area contributed by atoms with Crippen LogP contribution in [0.15, 0.2) is 30.6 Å². The molecule has 0 saturated heterocycles. The average molecular weight is 418 g/mol. The molecule has 0 aliphatic heterocycles. The van der Waals surface area contributed by atoms with E-state index in [-0.39, 0.29) is 6.04 Å². The summed E-state index contributed by atoms with van der Waals surface area (Å²) in [5.74, 6) is 1.20. The molecule has 2 heterocycles. The van der Waals surface area contributed by atoms with Gasteiger partial charge >= 0.3 is 10.3 Å². The molecular weight excluding hydrogens is 396 g/mol. The van der Waals surface area contributed by atoms with Crippen molar-refractivity contribution < 1.29 is 18.1 Å². The number of aryl methyl sites for hydroxylation is 1. The number of H-pyrrole nitrogens is 1. The molecule has 0 unspecified atom stereocenters. The third-order valence-corrected chi connectivity index (χ3v) is 6.36. The summed E-state index contributed by atoms with van der Waals surface area (Å²) in [5.41, 5.74) is 3.17. The molecule has 0 bridgehead atoms. The van der Waals surface area contributed by atoms with Crippen LogP contribution in [0.1, 0.15) is 18.4 Å². The zero-order chi connectivity index (χ0) is 20.8. The van der Waals surface area contributed by atoms with Gasteiger partial charge in [-0.1, -0.05) is 24.3 Å². The SMILES string of the molecule is Cc1ccccc1-c1nc2ncnc(N[C@H]3C[C@H](O)[C@@H](N(C)S(=O)(=O)O)C3)c2[nH]1. The summed E-state index contributed by atoms with van der Waals surface area (Å²) in [6.07, 6.45) is 1.14. The lowest BCUT2D eigenvalue weighted by atomic mass is 10.1. The van der Waals surface area contributed by atoms with Crippen molar-refractivity contribution in [3.63, 3.8) is 0 Å². The van der Waals surface area contributed by atoms with E-state index in [9.17, 15) is 18.1 Å². The van der Waals surface area contributed by atoms with Gasteiger partial charge in [0, 0.05) is 18.7 Å². The molecule has 10 nitrogen and oxygen atoms in total. The van der Waals surface area contributed by atoms with Crippen molar-refractivity contribution in [3.8, 4) is 11.4 Å². The second-order valence-electron chi connectivity index (χ2n) is 7.26. The number of aliphatic hydroxyl groups excluding tert-OH is 1. The van der Waals surface area contributed by atoms with E-state index >= 15 is 0 Å². The first-order valence-corrected chi connectivity index (χ1v) is 10.6. The van der Waals surface area contributed by atoms with Gasteiger partial charge in [0.15, 0.2) is 11.5 Å². The molecule has 1 aromatic carbocycles. The number of aromatic amines is 1. The largest absolute Gasteiger partial charge is 0.391 e. The van der Waals surface area contributed by atoms with Gasteiger partial charge in [-0.25, -0.2) is 15.0 Å². The molecule has 3 atom stereocenters. The molecule has 4 N–H and O–H groups in total. The van der Waals surface area contributed by atoms with Gasteiger partial charge in [-0.3, -0.25) is 4.55 Å². The second kappa shape index (κ2) is 7.34. The predicted octanol–water partition coefficient (Wildman–Crippen LogP) is 1.37. The van der Waals surface area contributed by atoms with Gasteiger partial charge in [-0.05, 0) is 25.3 Å². The predicted molar refractivity (Wildman–Crippen MR) is 108 cm³/mol. The quantitative estimate of drug-likeness (QED) is 0.455. The van der Waals surface area contributed by atoms with Gasteiger partial charge in [0.05, 0.1) is 12.1 Å². The van der Waals surface area contributed by atoms with Gasteiger partial charge in [0.25, 0.3) is 0 Å². The fourth-order valence-electron chi connectivity index (χ4n) is 3.77. The number of likely N-dealkylation sites (N-methyl/N-ethyl adjacent to an activating group) is 1. The number of rotatable bonds is 5. The number of aromatic nitrogens is 4. The standard InChI is InChI=1S/C18H22N6O4S/c1-10-5-3-4-6-12(10)16-22-15-17(19-9-20-18(15)23-16)21-11-7-13(14(25)8-11)24(2)29(26,27)28/h3-6,9,11,13-14,25H,7-8H2,1-2H3,(H,26,27,28)(H2,19,20,21,22,23)/t11-,13+,14+/m1/s1. The van der Waals surface area contributed by atoms with Crippen LogP contribution in [-0.2, 0) is 10.3 Å². The summed E-state index contributed by atoms with van der Waals surface area (Å²) in [7, 11) is -3.13. The number of imidazole rings is 1. The normalized spacial score (nSPS) is 22.4. The summed E-state index contributed by atoms with van der Waals surface area (Å²) in [6, 6.07) is 6.91. The van der Waals surface area contributed by atoms with Gasteiger partial charge < -0.3 is 15.4 Å². The lowest BCUT2D eigenvalue weighted by molar-refractivity contribution is 0.118. The molecule has 29 heavy (non-hydrogen) atoms. The van der Waals surface area contributed by atoms with E-state index in [1.54, 1.807) is 0 Å². The Morgan fingerprint density at radius 3 is 2.72 bits per heavy atom. The molecule has 0 radical (unpaired) electrons. The number of nitrogens with zero attached hydrogens (tertiary/aromatic N) is 4. The lowest BCUT2D eigenvalue weighted by Gasteiger charge is -2.23. The zero-order valence-corrected chi connectivity index (χ0v) is 16.8. The molecule has 11 heteroatoms. The minimum Gasteiger partial charge on any atom is -0.391 e. The fraction of sp³-hybridized carbons (Fsp3) is 0.389. The van der Waals surface area contributed by atoms with Crippen molar-refractivity contribution in [2.75, 3.05) is 12.4 Å². The van der Waals surface area contributed by atoms with Gasteiger partial charge in [-0.2, -0.15) is 12.7 Å². The Labute approximate surface area is 167 Å². The van der Waals surface area contributed by atoms with Crippen molar-refractivity contribution in [1.82, 2.24) is 24.2 Å². The highest BCUT2D eigenvalue weighted by Crippen LogP contribution is 2.30. The molecule has 1 aliphatic rings. The highest BCUT2D eigenvalue weighted by atomic mass is 32.2. The highest BCUT2D eigenvalue weighted by molar-refractivity contribution is 7.83. The van der Waals surface area contributed by atoms with Crippen LogP contribution in [0.3, 0.4) is 0 Å². The van der Waals surface area contributed by atoms with E-state index in [1.807, 2.05) is 31.2 Å². The molecule has 4 rings (SSSR count). The van der Waals surface area contributed by atoms with Crippen molar-refractivity contribution in [2.45, 2.75) is 38.0 Å². The summed E-state index contributed by atoms with van der Waals surface area (Å²) in [5, 5.41) is 13.5. The smallest absolute Gasteiger partial charge is 0.335 e. The number of hydrogen-bond acceptors (Lipinski definition) is 7. The van der Waals surface area contributed by atoms with E-state index in [2.05, 4.69) is 25.3 Å². The van der Waals surface area contributed by atoms with Gasteiger partial charge in [0.1, 0.15) is 17.7 Å². The van der Waals surface area contributed by atoms with Crippen LogP contribution >= 0.6 is 0 Å². The maximum atomic E-state index is 11.4. The van der Waals surface area contributed by atoms with E-state index in [0.29, 0.717) is 35.6 Å². The molecule has 154 valence electrons. The summed E-state index contributed by atoms with van der Waals surface area (Å²) < 4.78 is 32.8. The summed E-state index contributed by atoms with van der Waals surface area (Å²) in [4.78, 5) is 16.3. The third-order valence-electron chi connectivity index (χ3n) is 5.36. The van der Waals surface area contributed by atoms with Crippen LogP contribution in [0, 0.1) is 6.92 Å². The molecule has 1 aliphatic carbocycles.